The molecular formula is C11H18N4O. The molecule has 5 nitrogen and oxygen atoms in total. The molecule has 0 unspecified atom stereocenters. The third kappa shape index (κ3) is 1.66. The van der Waals surface area contributed by atoms with Crippen LogP contribution in [0.2, 0.25) is 0 Å². The van der Waals surface area contributed by atoms with Gasteiger partial charge < -0.3 is 11.1 Å². The van der Waals surface area contributed by atoms with E-state index in [2.05, 4.69) is 10.4 Å². The Kier molecular flexibility index (Phi) is 2.40. The molecule has 0 bridgehead atoms. The number of rotatable bonds is 1. The maximum atomic E-state index is 11.5. The molecule has 88 valence electrons. The second kappa shape index (κ2) is 3.50. The van der Waals surface area contributed by atoms with Crippen molar-refractivity contribution in [1.82, 2.24) is 9.78 Å². The van der Waals surface area contributed by atoms with E-state index in [1.807, 2.05) is 25.5 Å². The number of anilines is 1. The predicted molar refractivity (Wildman–Crippen MR) is 62.6 cm³/mol. The fraction of sp³-hybridized carbons (Fsp3) is 0.636. The molecule has 0 aliphatic carbocycles. The van der Waals surface area contributed by atoms with Gasteiger partial charge >= 0.3 is 0 Å². The van der Waals surface area contributed by atoms with Crippen LogP contribution < -0.4 is 11.1 Å². The normalized spacial score (nSPS) is 15.4. The van der Waals surface area contributed by atoms with Crippen LogP contribution in [0, 0.1) is 0 Å². The number of hydrogen-bond acceptors (Lipinski definition) is 3. The number of carbonyl (C=O) groups excluding carboxylic acids is 1. The van der Waals surface area contributed by atoms with Gasteiger partial charge in [0.2, 0.25) is 0 Å². The zero-order valence-corrected chi connectivity index (χ0v) is 10.0. The topological polar surface area (TPSA) is 72.9 Å². The van der Waals surface area contributed by atoms with Crippen molar-refractivity contribution in [2.75, 3.05) is 11.9 Å². The van der Waals surface area contributed by atoms with E-state index in [1.165, 1.54) is 0 Å². The molecule has 1 aliphatic rings. The second-order valence-electron chi connectivity index (χ2n) is 5.19. The molecule has 0 saturated heterocycles. The molecule has 2 rings (SSSR count). The van der Waals surface area contributed by atoms with Crippen LogP contribution >= 0.6 is 0 Å². The van der Waals surface area contributed by atoms with E-state index in [1.54, 1.807) is 0 Å². The average molecular weight is 222 g/mol. The first kappa shape index (κ1) is 11.0. The number of amides is 1. The fourth-order valence-corrected chi connectivity index (χ4v) is 2.00. The van der Waals surface area contributed by atoms with Crippen LogP contribution in [0.1, 0.15) is 43.2 Å². The Balaban J connectivity index is 2.61. The summed E-state index contributed by atoms with van der Waals surface area (Å²) in [4.78, 5) is 11.5. The minimum Gasteiger partial charge on any atom is -0.370 e. The van der Waals surface area contributed by atoms with Gasteiger partial charge in [-0.25, -0.2) is 4.68 Å². The Bertz CT molecular complexity index is 428. The van der Waals surface area contributed by atoms with Crippen molar-refractivity contribution < 1.29 is 4.79 Å². The van der Waals surface area contributed by atoms with Crippen molar-refractivity contribution in [3.05, 3.63) is 11.3 Å². The molecule has 1 amide bonds. The number of nitrogens with zero attached hydrogens (tertiary/aromatic N) is 2. The van der Waals surface area contributed by atoms with Crippen LogP contribution in [0.25, 0.3) is 0 Å². The van der Waals surface area contributed by atoms with Gasteiger partial charge in [-0.2, -0.15) is 5.10 Å². The highest BCUT2D eigenvalue weighted by molar-refractivity contribution is 5.99. The molecular weight excluding hydrogens is 204 g/mol. The summed E-state index contributed by atoms with van der Waals surface area (Å²) in [6.07, 6.45) is 1.02. The Morgan fingerprint density at radius 2 is 2.19 bits per heavy atom. The SMILES string of the molecule is CC(C)(C)c1nn2c(c1C(N)=O)NCCC2. The van der Waals surface area contributed by atoms with Gasteiger partial charge in [-0.05, 0) is 6.42 Å². The molecule has 0 radical (unpaired) electrons. The predicted octanol–water partition coefficient (Wildman–Crippen LogP) is 1.10. The lowest BCUT2D eigenvalue weighted by atomic mass is 9.89. The Morgan fingerprint density at radius 3 is 2.75 bits per heavy atom. The molecule has 0 fully saturated rings. The van der Waals surface area contributed by atoms with Crippen molar-refractivity contribution in [3.8, 4) is 0 Å². The van der Waals surface area contributed by atoms with Crippen molar-refractivity contribution >= 4 is 11.7 Å². The standard InChI is InChI=1S/C11H18N4O/c1-11(2,3)8-7(9(12)16)10-13-5-4-6-15(10)14-8/h13H,4-6H2,1-3H3,(H2,12,16). The van der Waals surface area contributed by atoms with E-state index in [-0.39, 0.29) is 5.41 Å². The first-order chi connectivity index (χ1) is 7.41. The number of hydrogen-bond donors (Lipinski definition) is 2. The van der Waals surface area contributed by atoms with Gasteiger partial charge in [-0.3, -0.25) is 4.79 Å². The van der Waals surface area contributed by atoms with E-state index < -0.39 is 5.91 Å². The summed E-state index contributed by atoms with van der Waals surface area (Å²) in [6.45, 7) is 7.82. The van der Waals surface area contributed by atoms with E-state index in [9.17, 15) is 4.79 Å². The lowest BCUT2D eigenvalue weighted by Crippen LogP contribution is -2.22. The van der Waals surface area contributed by atoms with Crippen molar-refractivity contribution in [3.63, 3.8) is 0 Å². The van der Waals surface area contributed by atoms with Gasteiger partial charge in [0.25, 0.3) is 5.91 Å². The third-order valence-corrected chi connectivity index (χ3v) is 2.75. The highest BCUT2D eigenvalue weighted by atomic mass is 16.1. The second-order valence-corrected chi connectivity index (χ2v) is 5.19. The first-order valence-electron chi connectivity index (χ1n) is 5.56. The molecule has 3 N–H and O–H groups in total. The molecule has 2 heterocycles. The monoisotopic (exact) mass is 222 g/mol. The summed E-state index contributed by atoms with van der Waals surface area (Å²) in [5.74, 6) is 0.379. The lowest BCUT2D eigenvalue weighted by Gasteiger charge is -2.16. The lowest BCUT2D eigenvalue weighted by molar-refractivity contribution is 0.0999. The van der Waals surface area contributed by atoms with Crippen LogP contribution in [-0.4, -0.2) is 22.2 Å². The zero-order chi connectivity index (χ0) is 11.9. The molecule has 0 aromatic carbocycles. The fourth-order valence-electron chi connectivity index (χ4n) is 2.00. The van der Waals surface area contributed by atoms with Crippen molar-refractivity contribution in [1.29, 1.82) is 0 Å². The number of nitrogens with two attached hydrogens (primary N) is 1. The van der Waals surface area contributed by atoms with E-state index >= 15 is 0 Å². The van der Waals surface area contributed by atoms with Crippen LogP contribution in [0.15, 0.2) is 0 Å². The number of aromatic nitrogens is 2. The van der Waals surface area contributed by atoms with Gasteiger partial charge in [-0.1, -0.05) is 20.8 Å². The Labute approximate surface area is 95.0 Å². The Hall–Kier alpha value is -1.52. The number of carbonyl (C=O) groups is 1. The minimum absolute atomic E-state index is 0.170. The van der Waals surface area contributed by atoms with Crippen molar-refractivity contribution in [2.24, 2.45) is 5.73 Å². The van der Waals surface area contributed by atoms with Crippen LogP contribution in [0.5, 0.6) is 0 Å². The quantitative estimate of drug-likeness (QED) is 0.747. The highest BCUT2D eigenvalue weighted by Gasteiger charge is 2.30. The Morgan fingerprint density at radius 1 is 1.50 bits per heavy atom. The van der Waals surface area contributed by atoms with Crippen LogP contribution in [0.3, 0.4) is 0 Å². The number of aryl methyl sites for hydroxylation is 1. The average Bonchev–Trinajstić information content (AvgIpc) is 2.55. The van der Waals surface area contributed by atoms with Crippen LogP contribution in [0.4, 0.5) is 5.82 Å². The minimum atomic E-state index is -0.402. The molecule has 16 heavy (non-hydrogen) atoms. The summed E-state index contributed by atoms with van der Waals surface area (Å²) in [7, 11) is 0. The maximum Gasteiger partial charge on any atom is 0.254 e. The maximum absolute atomic E-state index is 11.5. The van der Waals surface area contributed by atoms with Gasteiger partial charge in [0, 0.05) is 18.5 Å². The van der Waals surface area contributed by atoms with E-state index in [0.29, 0.717) is 5.56 Å². The smallest absolute Gasteiger partial charge is 0.254 e. The third-order valence-electron chi connectivity index (χ3n) is 2.75. The number of primary amides is 1. The van der Waals surface area contributed by atoms with Gasteiger partial charge in [-0.15, -0.1) is 0 Å². The largest absolute Gasteiger partial charge is 0.370 e. The molecule has 0 spiro atoms. The van der Waals surface area contributed by atoms with E-state index in [0.717, 1.165) is 31.0 Å². The zero-order valence-electron chi connectivity index (χ0n) is 10.0. The van der Waals surface area contributed by atoms with Crippen LogP contribution in [-0.2, 0) is 12.0 Å². The van der Waals surface area contributed by atoms with Gasteiger partial charge in [0.15, 0.2) is 0 Å². The number of nitrogens with one attached hydrogen (secondary N) is 1. The van der Waals surface area contributed by atoms with Crippen molar-refractivity contribution in [2.45, 2.75) is 39.2 Å². The first-order valence-corrected chi connectivity index (χ1v) is 5.56. The van der Waals surface area contributed by atoms with E-state index in [4.69, 9.17) is 5.73 Å². The summed E-state index contributed by atoms with van der Waals surface area (Å²) in [6, 6.07) is 0. The molecule has 1 aliphatic heterocycles. The molecule has 0 atom stereocenters. The molecule has 0 saturated carbocycles. The number of fused-ring (bicyclic) bond motifs is 1. The summed E-state index contributed by atoms with van der Waals surface area (Å²) < 4.78 is 1.85. The van der Waals surface area contributed by atoms with Gasteiger partial charge in [0.05, 0.1) is 5.69 Å². The summed E-state index contributed by atoms with van der Waals surface area (Å²) >= 11 is 0. The summed E-state index contributed by atoms with van der Waals surface area (Å²) in [5.41, 5.74) is 6.61. The molecule has 1 aromatic heterocycles. The summed E-state index contributed by atoms with van der Waals surface area (Å²) in [5, 5.41) is 7.70. The molecule has 5 heteroatoms. The highest BCUT2D eigenvalue weighted by Crippen LogP contribution is 2.31. The molecule has 1 aromatic rings. The van der Waals surface area contributed by atoms with Gasteiger partial charge in [0.1, 0.15) is 11.4 Å².